The van der Waals surface area contributed by atoms with Crippen LogP contribution in [0, 0.1) is 0 Å². The molecule has 0 spiro atoms. The minimum Gasteiger partial charge on any atom is -0.477 e. The molecule has 0 aromatic heterocycles. The van der Waals surface area contributed by atoms with E-state index in [4.69, 9.17) is 9.47 Å². The molecule has 4 rings (SSSR count). The van der Waals surface area contributed by atoms with Crippen LogP contribution in [0.15, 0.2) is 53.0 Å². The van der Waals surface area contributed by atoms with Crippen LogP contribution >= 0.6 is 15.9 Å². The zero-order valence-electron chi connectivity index (χ0n) is 15.8. The molecular weight excluding hydrogens is 438 g/mol. The molecule has 1 fully saturated rings. The van der Waals surface area contributed by atoms with Gasteiger partial charge in [0.1, 0.15) is 5.75 Å². The monoisotopic (exact) mass is 459 g/mol. The summed E-state index contributed by atoms with van der Waals surface area (Å²) in [6, 6.07) is 14.9. The summed E-state index contributed by atoms with van der Waals surface area (Å²) in [5, 5.41) is 2.90. The zero-order chi connectivity index (χ0) is 20.2. The van der Waals surface area contributed by atoms with E-state index in [1.54, 1.807) is 4.90 Å². The summed E-state index contributed by atoms with van der Waals surface area (Å²) >= 11 is 3.38. The van der Waals surface area contributed by atoms with Crippen molar-refractivity contribution in [2.45, 2.75) is 6.10 Å². The third kappa shape index (κ3) is 4.71. The molecule has 8 heteroatoms. The summed E-state index contributed by atoms with van der Waals surface area (Å²) < 4.78 is 12.3. The third-order valence-electron chi connectivity index (χ3n) is 4.92. The van der Waals surface area contributed by atoms with E-state index >= 15 is 0 Å². The molecule has 2 aromatic rings. The topological polar surface area (TPSA) is 71.1 Å². The molecule has 1 atom stereocenters. The lowest BCUT2D eigenvalue weighted by atomic mass is 10.1. The van der Waals surface area contributed by atoms with Crippen LogP contribution in [0.5, 0.6) is 5.75 Å². The summed E-state index contributed by atoms with van der Waals surface area (Å²) in [5.74, 6) is 0.393. The standard InChI is InChI=1S/C21H22BrN3O4/c22-15-5-7-16(8-6-15)23-20(26)14-25-13-19(21(27)24-9-11-28-12-10-24)29-18-4-2-1-3-17(18)25/h1-8,19H,9-14H2,(H,23,26)/t19-/m1/s1. The van der Waals surface area contributed by atoms with Crippen molar-refractivity contribution in [3.63, 3.8) is 0 Å². The van der Waals surface area contributed by atoms with Crippen molar-refractivity contribution in [2.24, 2.45) is 0 Å². The number of anilines is 2. The number of hydrogen-bond acceptors (Lipinski definition) is 5. The third-order valence-corrected chi connectivity index (χ3v) is 5.45. The van der Waals surface area contributed by atoms with Gasteiger partial charge < -0.3 is 24.6 Å². The first kappa shape index (κ1) is 19.7. The number of fused-ring (bicyclic) bond motifs is 1. The number of nitrogens with one attached hydrogen (secondary N) is 1. The van der Waals surface area contributed by atoms with Crippen molar-refractivity contribution >= 4 is 39.1 Å². The number of para-hydroxylation sites is 2. The second-order valence-electron chi connectivity index (χ2n) is 6.95. The zero-order valence-corrected chi connectivity index (χ0v) is 17.4. The number of halogens is 1. The average Bonchev–Trinajstić information content (AvgIpc) is 2.75. The molecule has 2 amide bonds. The Balaban J connectivity index is 1.48. The number of rotatable bonds is 4. The first-order valence-electron chi connectivity index (χ1n) is 9.53. The molecule has 29 heavy (non-hydrogen) atoms. The molecule has 1 saturated heterocycles. The minimum atomic E-state index is -0.650. The van der Waals surface area contributed by atoms with Gasteiger partial charge in [0, 0.05) is 23.2 Å². The smallest absolute Gasteiger partial charge is 0.265 e. The van der Waals surface area contributed by atoms with Crippen molar-refractivity contribution < 1.29 is 19.1 Å². The Labute approximate surface area is 177 Å². The molecule has 2 aromatic carbocycles. The Kier molecular flexibility index (Phi) is 6.01. The molecule has 1 N–H and O–H groups in total. The molecule has 2 aliphatic rings. The number of ether oxygens (including phenoxy) is 2. The summed E-state index contributed by atoms with van der Waals surface area (Å²) in [4.78, 5) is 29.2. The normalized spacial score (nSPS) is 18.6. The number of hydrogen-bond donors (Lipinski definition) is 1. The fourth-order valence-corrected chi connectivity index (χ4v) is 3.74. The highest BCUT2D eigenvalue weighted by atomic mass is 79.9. The fourth-order valence-electron chi connectivity index (χ4n) is 3.48. The number of amides is 2. The van der Waals surface area contributed by atoms with Crippen molar-refractivity contribution in [2.75, 3.05) is 49.6 Å². The number of carbonyl (C=O) groups is 2. The summed E-state index contributed by atoms with van der Waals surface area (Å²) in [6.45, 7) is 2.64. The van der Waals surface area contributed by atoms with Crippen LogP contribution in [0.3, 0.4) is 0 Å². The van der Waals surface area contributed by atoms with Crippen molar-refractivity contribution in [1.29, 1.82) is 0 Å². The van der Waals surface area contributed by atoms with E-state index in [2.05, 4.69) is 21.2 Å². The van der Waals surface area contributed by atoms with Gasteiger partial charge in [-0.15, -0.1) is 0 Å². The number of morpholine rings is 1. The van der Waals surface area contributed by atoms with E-state index in [9.17, 15) is 9.59 Å². The molecule has 0 unspecified atom stereocenters. The summed E-state index contributed by atoms with van der Waals surface area (Å²) in [6.07, 6.45) is -0.650. The maximum absolute atomic E-state index is 12.9. The van der Waals surface area contributed by atoms with E-state index in [1.165, 1.54) is 0 Å². The van der Waals surface area contributed by atoms with Crippen LogP contribution in [0.2, 0.25) is 0 Å². The lowest BCUT2D eigenvalue weighted by Gasteiger charge is -2.38. The molecular formula is C21H22BrN3O4. The molecule has 0 radical (unpaired) electrons. The number of benzene rings is 2. The van der Waals surface area contributed by atoms with Gasteiger partial charge in [-0.3, -0.25) is 9.59 Å². The first-order chi connectivity index (χ1) is 14.1. The average molecular weight is 460 g/mol. The molecule has 2 heterocycles. The molecule has 152 valence electrons. The minimum absolute atomic E-state index is 0.0684. The van der Waals surface area contributed by atoms with Crippen LogP contribution in [0.1, 0.15) is 0 Å². The van der Waals surface area contributed by atoms with E-state index in [0.717, 1.165) is 15.8 Å². The van der Waals surface area contributed by atoms with Gasteiger partial charge in [-0.2, -0.15) is 0 Å². The predicted molar refractivity (Wildman–Crippen MR) is 113 cm³/mol. The second kappa shape index (κ2) is 8.84. The van der Waals surface area contributed by atoms with Crippen LogP contribution in [0.4, 0.5) is 11.4 Å². The quantitative estimate of drug-likeness (QED) is 0.760. The van der Waals surface area contributed by atoms with Gasteiger partial charge in [0.25, 0.3) is 5.91 Å². The van der Waals surface area contributed by atoms with Gasteiger partial charge >= 0.3 is 0 Å². The highest BCUT2D eigenvalue weighted by molar-refractivity contribution is 9.10. The van der Waals surface area contributed by atoms with Gasteiger partial charge in [-0.1, -0.05) is 28.1 Å². The highest BCUT2D eigenvalue weighted by Gasteiger charge is 2.34. The van der Waals surface area contributed by atoms with Crippen LogP contribution in [0.25, 0.3) is 0 Å². The van der Waals surface area contributed by atoms with E-state index in [-0.39, 0.29) is 18.4 Å². The summed E-state index contributed by atoms with van der Waals surface area (Å²) in [5.41, 5.74) is 1.53. The Hall–Kier alpha value is -2.58. The van der Waals surface area contributed by atoms with Crippen LogP contribution in [-0.2, 0) is 14.3 Å². The maximum atomic E-state index is 12.9. The second-order valence-corrected chi connectivity index (χ2v) is 7.86. The molecule has 7 nitrogen and oxygen atoms in total. The lowest BCUT2D eigenvalue weighted by Crippen LogP contribution is -2.53. The van der Waals surface area contributed by atoms with Crippen molar-refractivity contribution in [3.8, 4) is 5.75 Å². The van der Waals surface area contributed by atoms with Gasteiger partial charge in [0.2, 0.25) is 5.91 Å². The van der Waals surface area contributed by atoms with E-state index in [0.29, 0.717) is 38.6 Å². The first-order valence-corrected chi connectivity index (χ1v) is 10.3. The Morgan fingerprint density at radius 1 is 1.07 bits per heavy atom. The SMILES string of the molecule is O=C(CN1C[C@H](C(=O)N2CCOCC2)Oc2ccccc21)Nc1ccc(Br)cc1. The van der Waals surface area contributed by atoms with Crippen LogP contribution < -0.4 is 15.0 Å². The maximum Gasteiger partial charge on any atom is 0.265 e. The summed E-state index contributed by atoms with van der Waals surface area (Å²) in [7, 11) is 0. The van der Waals surface area contributed by atoms with Gasteiger partial charge in [-0.05, 0) is 36.4 Å². The molecule has 0 bridgehead atoms. The molecule has 0 saturated carbocycles. The van der Waals surface area contributed by atoms with E-state index < -0.39 is 6.10 Å². The Bertz CT molecular complexity index is 884. The highest BCUT2D eigenvalue weighted by Crippen LogP contribution is 2.33. The number of nitrogens with zero attached hydrogens (tertiary/aromatic N) is 2. The van der Waals surface area contributed by atoms with Gasteiger partial charge in [0.15, 0.2) is 6.10 Å². The molecule has 0 aliphatic carbocycles. The Morgan fingerprint density at radius 2 is 1.79 bits per heavy atom. The van der Waals surface area contributed by atoms with Crippen molar-refractivity contribution in [3.05, 3.63) is 53.0 Å². The van der Waals surface area contributed by atoms with Crippen LogP contribution in [-0.4, -0.2) is 62.2 Å². The van der Waals surface area contributed by atoms with Gasteiger partial charge in [0.05, 0.1) is 32.0 Å². The molecule has 2 aliphatic heterocycles. The van der Waals surface area contributed by atoms with Gasteiger partial charge in [-0.25, -0.2) is 0 Å². The largest absolute Gasteiger partial charge is 0.477 e. The fraction of sp³-hybridized carbons (Fsp3) is 0.333. The lowest BCUT2D eigenvalue weighted by molar-refractivity contribution is -0.142. The number of carbonyl (C=O) groups excluding carboxylic acids is 2. The van der Waals surface area contributed by atoms with Crippen molar-refractivity contribution in [1.82, 2.24) is 4.90 Å². The van der Waals surface area contributed by atoms with E-state index in [1.807, 2.05) is 53.4 Å². The predicted octanol–water partition coefficient (Wildman–Crippen LogP) is 2.51. The Morgan fingerprint density at radius 3 is 2.55 bits per heavy atom.